The van der Waals surface area contributed by atoms with Crippen LogP contribution in [0.25, 0.3) is 11.2 Å². The standard InChI is InChI=1S/C21H28N7O6P/c1-4-33-20(29)14(2)26-27-35(30)34-12-16-8-6-5-7-15(16)11-32-10-9-28-13-23-17-18(28)24-21(22)25-19(17)31-3/h5-8,13-14,26H,4,9-12H2,1-3H3,(H2,22,24,25). The van der Waals surface area contributed by atoms with Gasteiger partial charge in [-0.2, -0.15) is 19.9 Å². The number of benzene rings is 1. The molecule has 13 nitrogen and oxygen atoms in total. The van der Waals surface area contributed by atoms with Crippen LogP contribution in [0.3, 0.4) is 0 Å². The third-order valence-electron chi connectivity index (χ3n) is 4.80. The van der Waals surface area contributed by atoms with Gasteiger partial charge in [-0.15, -0.1) is 0 Å². The molecule has 0 radical (unpaired) electrons. The topological polar surface area (TPSA) is 171 Å². The Balaban J connectivity index is 1.51. The Morgan fingerprint density at radius 3 is 2.74 bits per heavy atom. The lowest BCUT2D eigenvalue weighted by atomic mass is 10.1. The highest BCUT2D eigenvalue weighted by atomic mass is 31.1. The molecule has 0 bridgehead atoms. The molecule has 0 saturated carbocycles. The summed E-state index contributed by atoms with van der Waals surface area (Å²) < 4.78 is 23.0. The van der Waals surface area contributed by atoms with Crippen molar-refractivity contribution in [1.29, 1.82) is 0 Å². The van der Waals surface area contributed by atoms with Gasteiger partial charge in [-0.25, -0.2) is 4.98 Å². The molecular formula is C21H28N7O6P. The predicted octanol–water partition coefficient (Wildman–Crippen LogP) is 1.46. The molecule has 0 amide bonds. The van der Waals surface area contributed by atoms with Crippen LogP contribution < -0.4 is 20.8 Å². The summed E-state index contributed by atoms with van der Waals surface area (Å²) in [5.74, 6) is -0.0702. The van der Waals surface area contributed by atoms with E-state index in [1.165, 1.54) is 7.11 Å². The lowest BCUT2D eigenvalue weighted by molar-refractivity contribution is -0.176. The van der Waals surface area contributed by atoms with E-state index in [-0.39, 0.29) is 19.2 Å². The van der Waals surface area contributed by atoms with Crippen LogP contribution in [0.5, 0.6) is 5.88 Å². The van der Waals surface area contributed by atoms with Crippen molar-refractivity contribution >= 4 is 31.2 Å². The van der Waals surface area contributed by atoms with E-state index < -0.39 is 20.2 Å². The number of imidazole rings is 1. The minimum absolute atomic E-state index is 0.0653. The average Bonchev–Trinajstić information content (AvgIpc) is 3.26. The van der Waals surface area contributed by atoms with E-state index >= 15 is 0 Å². The van der Waals surface area contributed by atoms with Gasteiger partial charge in [0.1, 0.15) is 12.6 Å². The van der Waals surface area contributed by atoms with E-state index in [1.54, 1.807) is 24.7 Å². The van der Waals surface area contributed by atoms with E-state index in [1.807, 2.05) is 24.3 Å². The second kappa shape index (κ2) is 13.0. The first-order valence-electron chi connectivity index (χ1n) is 10.8. The molecule has 35 heavy (non-hydrogen) atoms. The van der Waals surface area contributed by atoms with Crippen LogP contribution in [0.2, 0.25) is 0 Å². The number of hydrogen-bond acceptors (Lipinski definition) is 11. The number of anilines is 1. The summed E-state index contributed by atoms with van der Waals surface area (Å²) in [7, 11) is -0.880. The van der Waals surface area contributed by atoms with Crippen LogP contribution in [0.1, 0.15) is 25.0 Å². The Morgan fingerprint density at radius 1 is 1.29 bits per heavy atom. The SMILES string of the molecule is CCOC(=O)C(C)N/N=[P+](\[O-])OCc1ccccc1COCCn1cnc2c(OC)nc(N)nc21. The number of nitrogens with zero attached hydrogens (tertiary/aromatic N) is 5. The molecule has 0 spiro atoms. The highest BCUT2D eigenvalue weighted by Crippen LogP contribution is 2.22. The summed E-state index contributed by atoms with van der Waals surface area (Å²) in [6.07, 6.45) is 1.63. The Labute approximate surface area is 203 Å². The molecule has 0 aliphatic carbocycles. The number of carbonyl (C=O) groups is 1. The van der Waals surface area contributed by atoms with Gasteiger partial charge in [-0.1, -0.05) is 24.3 Å². The zero-order valence-electron chi connectivity index (χ0n) is 19.7. The quantitative estimate of drug-likeness (QED) is 0.149. The predicted molar refractivity (Wildman–Crippen MR) is 126 cm³/mol. The Bertz CT molecular complexity index is 1170. The van der Waals surface area contributed by atoms with Gasteiger partial charge in [-0.3, -0.25) is 4.79 Å². The lowest BCUT2D eigenvalue weighted by Gasteiger charge is -2.10. The fraction of sp³-hybridized carbons (Fsp3) is 0.429. The number of aromatic nitrogens is 4. The molecule has 0 aliphatic rings. The number of carbonyl (C=O) groups excluding carboxylic acids is 1. The van der Waals surface area contributed by atoms with E-state index in [0.29, 0.717) is 36.8 Å². The molecule has 1 aromatic carbocycles. The zero-order valence-corrected chi connectivity index (χ0v) is 20.6. The first-order valence-corrected chi connectivity index (χ1v) is 12.0. The molecular weight excluding hydrogens is 477 g/mol. The number of ether oxygens (including phenoxy) is 3. The minimum atomic E-state index is -2.38. The Hall–Kier alpha value is -3.22. The van der Waals surface area contributed by atoms with Gasteiger partial charge in [0.05, 0.1) is 33.3 Å². The first-order chi connectivity index (χ1) is 16.9. The van der Waals surface area contributed by atoms with Gasteiger partial charge in [0.2, 0.25) is 11.8 Å². The summed E-state index contributed by atoms with van der Waals surface area (Å²) in [5.41, 5.74) is 11.0. The molecule has 3 aromatic rings. The normalized spacial score (nSPS) is 12.6. The Kier molecular flexibility index (Phi) is 9.82. The van der Waals surface area contributed by atoms with Crippen molar-refractivity contribution in [2.24, 2.45) is 4.85 Å². The monoisotopic (exact) mass is 505 g/mol. The number of nitrogen functional groups attached to an aromatic ring is 1. The molecule has 2 heterocycles. The number of esters is 1. The van der Waals surface area contributed by atoms with E-state index in [9.17, 15) is 9.69 Å². The maximum atomic E-state index is 12.1. The van der Waals surface area contributed by atoms with Crippen molar-refractivity contribution in [2.75, 3.05) is 26.1 Å². The van der Waals surface area contributed by atoms with Crippen molar-refractivity contribution < 1.29 is 28.4 Å². The lowest BCUT2D eigenvalue weighted by Crippen LogP contribution is -2.31. The maximum Gasteiger partial charge on any atom is 0.360 e. The zero-order chi connectivity index (χ0) is 25.2. The molecule has 0 aliphatic heterocycles. The van der Waals surface area contributed by atoms with Gasteiger partial charge < -0.3 is 29.4 Å². The molecule has 14 heteroatoms. The molecule has 3 rings (SSSR count). The van der Waals surface area contributed by atoms with Gasteiger partial charge in [0.15, 0.2) is 11.2 Å². The number of nitrogens with two attached hydrogens (primary N) is 1. The minimum Gasteiger partial charge on any atom is -0.582 e. The van der Waals surface area contributed by atoms with Gasteiger partial charge in [0, 0.05) is 11.4 Å². The highest BCUT2D eigenvalue weighted by molar-refractivity contribution is 7.33. The summed E-state index contributed by atoms with van der Waals surface area (Å²) in [4.78, 5) is 39.8. The number of fused-ring (bicyclic) bond motifs is 1. The average molecular weight is 505 g/mol. The Morgan fingerprint density at radius 2 is 2.03 bits per heavy atom. The largest absolute Gasteiger partial charge is 0.582 e. The molecule has 2 aromatic heterocycles. The smallest absolute Gasteiger partial charge is 0.360 e. The van der Waals surface area contributed by atoms with Crippen LogP contribution in [-0.4, -0.2) is 51.9 Å². The third-order valence-corrected chi connectivity index (χ3v) is 5.43. The van der Waals surface area contributed by atoms with E-state index in [0.717, 1.165) is 11.1 Å². The van der Waals surface area contributed by atoms with Gasteiger partial charge >= 0.3 is 14.1 Å². The summed E-state index contributed by atoms with van der Waals surface area (Å²) in [5, 5.41) is 0. The molecule has 0 saturated heterocycles. The van der Waals surface area contributed by atoms with Crippen LogP contribution in [-0.2, 0) is 38.6 Å². The summed E-state index contributed by atoms with van der Waals surface area (Å²) >= 11 is 0. The number of rotatable bonds is 13. The maximum absolute atomic E-state index is 12.1. The van der Waals surface area contributed by atoms with Crippen molar-refractivity contribution in [3.05, 3.63) is 41.7 Å². The van der Waals surface area contributed by atoms with Crippen molar-refractivity contribution in [1.82, 2.24) is 24.9 Å². The molecule has 0 fully saturated rings. The van der Waals surface area contributed by atoms with Crippen LogP contribution >= 0.6 is 8.17 Å². The molecule has 3 N–H and O–H groups in total. The highest BCUT2D eigenvalue weighted by Gasteiger charge is 2.15. The van der Waals surface area contributed by atoms with Crippen LogP contribution in [0.15, 0.2) is 35.4 Å². The van der Waals surface area contributed by atoms with Crippen LogP contribution in [0.4, 0.5) is 5.95 Å². The second-order valence-corrected chi connectivity index (χ2v) is 8.17. The van der Waals surface area contributed by atoms with Gasteiger partial charge in [0.25, 0.3) is 0 Å². The van der Waals surface area contributed by atoms with Gasteiger partial charge in [-0.05, 0) is 25.0 Å². The van der Waals surface area contributed by atoms with Crippen molar-refractivity contribution in [2.45, 2.75) is 39.6 Å². The number of methoxy groups -OCH3 is 1. The third kappa shape index (κ3) is 7.38. The van der Waals surface area contributed by atoms with Crippen LogP contribution in [0, 0.1) is 0 Å². The van der Waals surface area contributed by atoms with E-state index in [2.05, 4.69) is 25.2 Å². The number of hydrogen-bond donors (Lipinski definition) is 2. The summed E-state index contributed by atoms with van der Waals surface area (Å²) in [6.45, 7) is 4.77. The second-order valence-electron chi connectivity index (χ2n) is 7.24. The first kappa shape index (κ1) is 26.4. The fourth-order valence-electron chi connectivity index (χ4n) is 3.03. The number of nitrogens with one attached hydrogen (secondary N) is 1. The fourth-order valence-corrected chi connectivity index (χ4v) is 3.61. The van der Waals surface area contributed by atoms with E-state index in [4.69, 9.17) is 24.5 Å². The molecule has 188 valence electrons. The summed E-state index contributed by atoms with van der Waals surface area (Å²) in [6, 6.07) is 6.75. The molecule has 2 unspecified atom stereocenters. The van der Waals surface area contributed by atoms with Crippen molar-refractivity contribution in [3.63, 3.8) is 0 Å². The van der Waals surface area contributed by atoms with Crippen molar-refractivity contribution in [3.8, 4) is 5.88 Å². The molecule has 2 atom stereocenters.